The Morgan fingerprint density at radius 1 is 1.44 bits per heavy atom. The maximum Gasteiger partial charge on any atom is 0.250 e. The van der Waals surface area contributed by atoms with Crippen molar-refractivity contribution in [3.63, 3.8) is 0 Å². The second-order valence-corrected chi connectivity index (χ2v) is 4.67. The maximum atomic E-state index is 11.9. The van der Waals surface area contributed by atoms with Gasteiger partial charge in [0.05, 0.1) is 11.2 Å². The summed E-state index contributed by atoms with van der Waals surface area (Å²) in [5.74, 6) is -0.244. The zero-order valence-electron chi connectivity index (χ0n) is 11.2. The Morgan fingerprint density at radius 2 is 2.11 bits per heavy atom. The van der Waals surface area contributed by atoms with Crippen LogP contribution in [-0.4, -0.2) is 16.0 Å². The van der Waals surface area contributed by atoms with Crippen molar-refractivity contribution in [2.45, 2.75) is 45.7 Å². The van der Waals surface area contributed by atoms with E-state index in [0.717, 1.165) is 6.42 Å². The summed E-state index contributed by atoms with van der Waals surface area (Å²) in [5.41, 5.74) is 5.48. The molecule has 0 aromatic carbocycles. The molecule has 5 nitrogen and oxygen atoms in total. The highest BCUT2D eigenvalue weighted by molar-refractivity contribution is 5.97. The molecule has 5 heteroatoms. The second kappa shape index (κ2) is 5.82. The average Bonchev–Trinajstić information content (AvgIpc) is 2.33. The highest BCUT2D eigenvalue weighted by Crippen LogP contribution is 2.10. The van der Waals surface area contributed by atoms with Crippen LogP contribution in [0.25, 0.3) is 0 Å². The highest BCUT2D eigenvalue weighted by Gasteiger charge is 2.25. The molecule has 1 aromatic rings. The number of anilines is 1. The molecule has 100 valence electrons. The summed E-state index contributed by atoms with van der Waals surface area (Å²) in [5, 5.41) is 2.74. The topological polar surface area (TPSA) is 77.1 Å². The first kappa shape index (κ1) is 14.4. The van der Waals surface area contributed by atoms with Gasteiger partial charge in [-0.25, -0.2) is 0 Å². The molecule has 0 aliphatic carbocycles. The molecule has 0 radical (unpaired) electrons. The lowest BCUT2D eigenvalue weighted by atomic mass is 9.99. The predicted octanol–water partition coefficient (Wildman–Crippen LogP) is 1.32. The van der Waals surface area contributed by atoms with Crippen LogP contribution < -0.4 is 16.6 Å². The summed E-state index contributed by atoms with van der Waals surface area (Å²) in [6, 6.07) is 3.04. The first-order valence-electron chi connectivity index (χ1n) is 6.21. The Labute approximate surface area is 107 Å². The smallest absolute Gasteiger partial charge is 0.250 e. The van der Waals surface area contributed by atoms with Crippen molar-refractivity contribution in [3.8, 4) is 0 Å². The van der Waals surface area contributed by atoms with Crippen molar-refractivity contribution in [1.82, 2.24) is 4.57 Å². The zero-order valence-corrected chi connectivity index (χ0v) is 11.2. The first-order chi connectivity index (χ1) is 8.40. The molecule has 3 N–H and O–H groups in total. The van der Waals surface area contributed by atoms with Gasteiger partial charge in [0.1, 0.15) is 0 Å². The molecule has 1 atom stereocenters. The molecule has 0 aliphatic heterocycles. The van der Waals surface area contributed by atoms with Gasteiger partial charge < -0.3 is 15.6 Å². The van der Waals surface area contributed by atoms with Crippen molar-refractivity contribution >= 4 is 11.6 Å². The van der Waals surface area contributed by atoms with E-state index in [1.54, 1.807) is 23.8 Å². The Hall–Kier alpha value is -1.62. The largest absolute Gasteiger partial charge is 0.323 e. The normalized spacial score (nSPS) is 14.0. The van der Waals surface area contributed by atoms with Crippen LogP contribution in [0.4, 0.5) is 5.69 Å². The lowest BCUT2D eigenvalue weighted by molar-refractivity contribution is -0.120. The van der Waals surface area contributed by atoms with Gasteiger partial charge in [-0.05, 0) is 25.8 Å². The second-order valence-electron chi connectivity index (χ2n) is 4.67. The van der Waals surface area contributed by atoms with Gasteiger partial charge in [-0.2, -0.15) is 0 Å². The van der Waals surface area contributed by atoms with Crippen LogP contribution >= 0.6 is 0 Å². The first-order valence-corrected chi connectivity index (χ1v) is 6.21. The van der Waals surface area contributed by atoms with E-state index in [-0.39, 0.29) is 11.5 Å². The number of rotatable bonds is 5. The average molecular weight is 251 g/mol. The number of nitrogens with one attached hydrogen (secondary N) is 1. The van der Waals surface area contributed by atoms with Gasteiger partial charge in [0, 0.05) is 18.8 Å². The fraction of sp³-hybridized carbons (Fsp3) is 0.538. The number of pyridine rings is 1. The van der Waals surface area contributed by atoms with Crippen LogP contribution in [0, 0.1) is 0 Å². The number of aromatic nitrogens is 1. The fourth-order valence-electron chi connectivity index (χ4n) is 1.46. The monoisotopic (exact) mass is 251 g/mol. The third-order valence-corrected chi connectivity index (χ3v) is 2.96. The predicted molar refractivity (Wildman–Crippen MR) is 72.5 cm³/mol. The number of aryl methyl sites for hydroxylation is 1. The van der Waals surface area contributed by atoms with E-state index >= 15 is 0 Å². The Morgan fingerprint density at radius 3 is 2.67 bits per heavy atom. The van der Waals surface area contributed by atoms with E-state index in [1.165, 1.54) is 6.07 Å². The minimum atomic E-state index is -0.897. The molecular weight excluding hydrogens is 230 g/mol. The molecule has 0 bridgehead atoms. The Balaban J connectivity index is 2.89. The molecular formula is C13H21N3O2. The minimum Gasteiger partial charge on any atom is -0.323 e. The molecule has 0 aliphatic rings. The molecule has 0 fully saturated rings. The minimum absolute atomic E-state index is 0.0687. The van der Waals surface area contributed by atoms with Gasteiger partial charge >= 0.3 is 0 Å². The van der Waals surface area contributed by atoms with Crippen LogP contribution in [0.2, 0.25) is 0 Å². The van der Waals surface area contributed by atoms with E-state index in [4.69, 9.17) is 5.73 Å². The van der Waals surface area contributed by atoms with Crippen molar-refractivity contribution in [3.05, 3.63) is 28.7 Å². The van der Waals surface area contributed by atoms with Crippen LogP contribution in [0.3, 0.4) is 0 Å². The van der Waals surface area contributed by atoms with Crippen molar-refractivity contribution in [1.29, 1.82) is 0 Å². The molecule has 18 heavy (non-hydrogen) atoms. The van der Waals surface area contributed by atoms with E-state index in [0.29, 0.717) is 18.7 Å². The van der Waals surface area contributed by atoms with Crippen molar-refractivity contribution in [2.24, 2.45) is 5.73 Å². The van der Waals surface area contributed by atoms with Crippen LogP contribution in [0.1, 0.15) is 33.6 Å². The SMILES string of the molecule is CCCn1cc(NC(=O)C(C)(N)CC)ccc1=O. The molecule has 1 aromatic heterocycles. The standard InChI is InChI=1S/C13H21N3O2/c1-4-8-16-9-10(6-7-11(16)17)15-12(18)13(3,14)5-2/h6-7,9H,4-5,8,14H2,1-3H3,(H,15,18). The van der Waals surface area contributed by atoms with E-state index in [1.807, 2.05) is 13.8 Å². The third kappa shape index (κ3) is 3.43. The summed E-state index contributed by atoms with van der Waals surface area (Å²) < 4.78 is 1.58. The van der Waals surface area contributed by atoms with Crippen molar-refractivity contribution < 1.29 is 4.79 Å². The number of amides is 1. The zero-order chi connectivity index (χ0) is 13.8. The number of carbonyl (C=O) groups is 1. The number of carbonyl (C=O) groups excluding carboxylic acids is 1. The van der Waals surface area contributed by atoms with Gasteiger partial charge in [0.15, 0.2) is 0 Å². The molecule has 1 rings (SSSR count). The summed E-state index contributed by atoms with van der Waals surface area (Å²) in [6.45, 7) is 6.17. The molecule has 0 saturated heterocycles. The van der Waals surface area contributed by atoms with E-state index in [9.17, 15) is 9.59 Å². The Kier molecular flexibility index (Phi) is 4.67. The molecule has 1 unspecified atom stereocenters. The van der Waals surface area contributed by atoms with Crippen LogP contribution in [-0.2, 0) is 11.3 Å². The number of hydrogen-bond donors (Lipinski definition) is 2. The molecule has 1 heterocycles. The van der Waals surface area contributed by atoms with Gasteiger partial charge in [0.25, 0.3) is 5.56 Å². The molecule has 0 saturated carbocycles. The summed E-state index contributed by atoms with van der Waals surface area (Å²) in [7, 11) is 0. The summed E-state index contributed by atoms with van der Waals surface area (Å²) in [6.07, 6.45) is 3.06. The van der Waals surface area contributed by atoms with Crippen LogP contribution in [0.15, 0.2) is 23.1 Å². The van der Waals surface area contributed by atoms with Gasteiger partial charge in [-0.3, -0.25) is 9.59 Å². The van der Waals surface area contributed by atoms with Gasteiger partial charge in [-0.1, -0.05) is 13.8 Å². The lowest BCUT2D eigenvalue weighted by Gasteiger charge is -2.21. The quantitative estimate of drug-likeness (QED) is 0.828. The van der Waals surface area contributed by atoms with E-state index in [2.05, 4.69) is 5.32 Å². The number of hydrogen-bond acceptors (Lipinski definition) is 3. The molecule has 0 spiro atoms. The van der Waals surface area contributed by atoms with Crippen LogP contribution in [0.5, 0.6) is 0 Å². The Bertz CT molecular complexity index is 477. The lowest BCUT2D eigenvalue weighted by Crippen LogP contribution is -2.47. The third-order valence-electron chi connectivity index (χ3n) is 2.96. The maximum absolute atomic E-state index is 11.9. The number of nitrogens with two attached hydrogens (primary N) is 1. The van der Waals surface area contributed by atoms with Crippen molar-refractivity contribution in [2.75, 3.05) is 5.32 Å². The summed E-state index contributed by atoms with van der Waals surface area (Å²) >= 11 is 0. The fourth-order valence-corrected chi connectivity index (χ4v) is 1.46. The highest BCUT2D eigenvalue weighted by atomic mass is 16.2. The molecule has 1 amide bonds. The van der Waals surface area contributed by atoms with Gasteiger partial charge in [-0.15, -0.1) is 0 Å². The summed E-state index contributed by atoms with van der Waals surface area (Å²) in [4.78, 5) is 23.4. The van der Waals surface area contributed by atoms with Gasteiger partial charge in [0.2, 0.25) is 5.91 Å². The number of nitrogens with zero attached hydrogens (tertiary/aromatic N) is 1. The van der Waals surface area contributed by atoms with E-state index < -0.39 is 5.54 Å².